The van der Waals surface area contributed by atoms with E-state index < -0.39 is 11.6 Å². The van der Waals surface area contributed by atoms with Gasteiger partial charge in [0, 0.05) is 17.9 Å². The molecule has 2 atom stereocenters. The third-order valence-electron chi connectivity index (χ3n) is 4.47. The smallest absolute Gasteiger partial charge is 0.340 e. The molecule has 1 aliphatic heterocycles. The van der Waals surface area contributed by atoms with Crippen LogP contribution in [0.25, 0.3) is 0 Å². The number of carbonyl (C=O) groups is 1. The zero-order chi connectivity index (χ0) is 16.4. The summed E-state index contributed by atoms with van der Waals surface area (Å²) in [6, 6.07) is 15.5. The molecule has 2 aromatic rings. The molecule has 0 bridgehead atoms. The standard InChI is InChI=1S/C19H20O4/c1-13-8-9-17(22-2)16(10-13)19(18(20)21)11-15(12-23-19)14-6-4-3-5-7-14/h3-10,15H,11-12H2,1-2H3,(H,20,21)/t15-,19+/m1/s1. The number of aliphatic carboxylic acids is 1. The first-order valence-corrected chi connectivity index (χ1v) is 7.64. The number of aryl methyl sites for hydroxylation is 1. The minimum atomic E-state index is -1.36. The highest BCUT2D eigenvalue weighted by atomic mass is 16.5. The lowest BCUT2D eigenvalue weighted by Gasteiger charge is -2.26. The predicted octanol–water partition coefficient (Wildman–Crippen LogP) is 3.49. The third kappa shape index (κ3) is 2.70. The van der Waals surface area contributed by atoms with Crippen LogP contribution in [0.3, 0.4) is 0 Å². The van der Waals surface area contributed by atoms with Gasteiger partial charge in [-0.3, -0.25) is 0 Å². The fraction of sp³-hybridized carbons (Fsp3) is 0.316. The van der Waals surface area contributed by atoms with Gasteiger partial charge in [0.15, 0.2) is 5.60 Å². The molecule has 1 N–H and O–H groups in total. The highest BCUT2D eigenvalue weighted by Crippen LogP contribution is 2.46. The van der Waals surface area contributed by atoms with Gasteiger partial charge in [-0.2, -0.15) is 0 Å². The molecular weight excluding hydrogens is 292 g/mol. The first-order valence-electron chi connectivity index (χ1n) is 7.64. The number of hydrogen-bond acceptors (Lipinski definition) is 3. The van der Waals surface area contributed by atoms with E-state index in [-0.39, 0.29) is 5.92 Å². The Labute approximate surface area is 135 Å². The molecule has 4 heteroatoms. The maximum absolute atomic E-state index is 12.1. The molecule has 1 saturated heterocycles. The Balaban J connectivity index is 2.03. The largest absolute Gasteiger partial charge is 0.496 e. The molecule has 120 valence electrons. The van der Waals surface area contributed by atoms with Crippen molar-refractivity contribution >= 4 is 5.97 Å². The van der Waals surface area contributed by atoms with Crippen LogP contribution in [0.1, 0.15) is 29.0 Å². The van der Waals surface area contributed by atoms with Crippen molar-refractivity contribution in [3.8, 4) is 5.75 Å². The second-order valence-electron chi connectivity index (χ2n) is 5.96. The molecule has 2 aromatic carbocycles. The normalized spacial score (nSPS) is 23.7. The van der Waals surface area contributed by atoms with E-state index >= 15 is 0 Å². The molecule has 3 rings (SSSR count). The van der Waals surface area contributed by atoms with Gasteiger partial charge in [0.1, 0.15) is 5.75 Å². The molecule has 1 aliphatic rings. The Morgan fingerprint density at radius 3 is 2.65 bits per heavy atom. The van der Waals surface area contributed by atoms with Gasteiger partial charge in [-0.05, 0) is 24.6 Å². The van der Waals surface area contributed by atoms with Crippen LogP contribution >= 0.6 is 0 Å². The average Bonchev–Trinajstić information content (AvgIpc) is 3.02. The van der Waals surface area contributed by atoms with Crippen LogP contribution in [0.15, 0.2) is 48.5 Å². The van der Waals surface area contributed by atoms with Gasteiger partial charge < -0.3 is 14.6 Å². The quantitative estimate of drug-likeness (QED) is 0.939. The first-order chi connectivity index (χ1) is 11.1. The average molecular weight is 312 g/mol. The summed E-state index contributed by atoms with van der Waals surface area (Å²) >= 11 is 0. The van der Waals surface area contributed by atoms with Crippen LogP contribution in [-0.2, 0) is 15.1 Å². The summed E-state index contributed by atoms with van der Waals surface area (Å²) in [5, 5.41) is 9.91. The van der Waals surface area contributed by atoms with E-state index in [1.165, 1.54) is 0 Å². The van der Waals surface area contributed by atoms with Gasteiger partial charge in [0.25, 0.3) is 0 Å². The molecule has 23 heavy (non-hydrogen) atoms. The number of ether oxygens (including phenoxy) is 2. The summed E-state index contributed by atoms with van der Waals surface area (Å²) in [5.41, 5.74) is 1.30. The zero-order valence-corrected chi connectivity index (χ0v) is 13.3. The minimum absolute atomic E-state index is 0.0533. The van der Waals surface area contributed by atoms with Gasteiger partial charge in [-0.15, -0.1) is 0 Å². The predicted molar refractivity (Wildman–Crippen MR) is 86.8 cm³/mol. The molecule has 0 aliphatic carbocycles. The molecule has 0 radical (unpaired) electrons. The fourth-order valence-corrected chi connectivity index (χ4v) is 3.24. The molecule has 0 saturated carbocycles. The molecular formula is C19H20O4. The molecule has 0 aromatic heterocycles. The molecule has 1 heterocycles. The number of carboxylic acids is 1. The van der Waals surface area contributed by atoms with Gasteiger partial charge in [0.2, 0.25) is 0 Å². The Morgan fingerprint density at radius 2 is 2.00 bits per heavy atom. The topological polar surface area (TPSA) is 55.8 Å². The van der Waals surface area contributed by atoms with Crippen molar-refractivity contribution in [2.75, 3.05) is 13.7 Å². The SMILES string of the molecule is COc1ccc(C)cc1[C@]1(C(=O)O)C[C@@H](c2ccccc2)CO1. The van der Waals surface area contributed by atoms with E-state index in [2.05, 4.69) is 0 Å². The van der Waals surface area contributed by atoms with Crippen LogP contribution in [0, 0.1) is 6.92 Å². The van der Waals surface area contributed by atoms with Crippen LogP contribution in [0.5, 0.6) is 5.75 Å². The summed E-state index contributed by atoms with van der Waals surface area (Å²) in [4.78, 5) is 12.1. The fourth-order valence-electron chi connectivity index (χ4n) is 3.24. The maximum Gasteiger partial charge on any atom is 0.340 e. The van der Waals surface area contributed by atoms with E-state index in [9.17, 15) is 9.90 Å². The molecule has 4 nitrogen and oxygen atoms in total. The highest BCUT2D eigenvalue weighted by Gasteiger charge is 2.50. The summed E-state index contributed by atoms with van der Waals surface area (Å²) in [5.74, 6) is -0.371. The van der Waals surface area contributed by atoms with E-state index in [0.717, 1.165) is 11.1 Å². The Morgan fingerprint density at radius 1 is 1.26 bits per heavy atom. The molecule has 0 amide bonds. The maximum atomic E-state index is 12.1. The van der Waals surface area contributed by atoms with Gasteiger partial charge in [0.05, 0.1) is 13.7 Å². The van der Waals surface area contributed by atoms with Crippen molar-refractivity contribution in [1.82, 2.24) is 0 Å². The summed E-state index contributed by atoms with van der Waals surface area (Å²) < 4.78 is 11.3. The summed E-state index contributed by atoms with van der Waals surface area (Å²) in [7, 11) is 1.55. The van der Waals surface area contributed by atoms with E-state index in [4.69, 9.17) is 9.47 Å². The lowest BCUT2D eigenvalue weighted by molar-refractivity contribution is -0.161. The first kappa shape index (κ1) is 15.6. The van der Waals surface area contributed by atoms with Crippen molar-refractivity contribution < 1.29 is 19.4 Å². The van der Waals surface area contributed by atoms with Crippen molar-refractivity contribution in [3.63, 3.8) is 0 Å². The van der Waals surface area contributed by atoms with Gasteiger partial charge in [-0.25, -0.2) is 4.79 Å². The van der Waals surface area contributed by atoms with Crippen LogP contribution < -0.4 is 4.74 Å². The number of rotatable bonds is 4. The van der Waals surface area contributed by atoms with Gasteiger partial charge in [-0.1, -0.05) is 42.0 Å². The molecule has 0 spiro atoms. The molecule has 0 unspecified atom stereocenters. The van der Waals surface area contributed by atoms with Crippen molar-refractivity contribution in [1.29, 1.82) is 0 Å². The Hall–Kier alpha value is -2.33. The van der Waals surface area contributed by atoms with Crippen LogP contribution in [-0.4, -0.2) is 24.8 Å². The Bertz CT molecular complexity index is 711. The second-order valence-corrected chi connectivity index (χ2v) is 5.96. The number of methoxy groups -OCH3 is 1. The number of hydrogen-bond donors (Lipinski definition) is 1. The second kappa shape index (κ2) is 6.05. The highest BCUT2D eigenvalue weighted by molar-refractivity contribution is 5.81. The van der Waals surface area contributed by atoms with E-state index in [0.29, 0.717) is 24.3 Å². The lowest BCUT2D eigenvalue weighted by Crippen LogP contribution is -2.35. The van der Waals surface area contributed by atoms with Crippen LogP contribution in [0.4, 0.5) is 0 Å². The van der Waals surface area contributed by atoms with Gasteiger partial charge >= 0.3 is 5.97 Å². The zero-order valence-electron chi connectivity index (χ0n) is 13.3. The van der Waals surface area contributed by atoms with Crippen LogP contribution in [0.2, 0.25) is 0 Å². The monoisotopic (exact) mass is 312 g/mol. The minimum Gasteiger partial charge on any atom is -0.496 e. The lowest BCUT2D eigenvalue weighted by atomic mass is 9.83. The van der Waals surface area contributed by atoms with E-state index in [1.807, 2.05) is 49.4 Å². The number of benzene rings is 2. The third-order valence-corrected chi connectivity index (χ3v) is 4.47. The van der Waals surface area contributed by atoms with Crippen molar-refractivity contribution in [2.24, 2.45) is 0 Å². The number of carboxylic acid groups (broad SMARTS) is 1. The van der Waals surface area contributed by atoms with E-state index in [1.54, 1.807) is 13.2 Å². The van der Waals surface area contributed by atoms with Crippen molar-refractivity contribution in [2.45, 2.75) is 24.9 Å². The summed E-state index contributed by atoms with van der Waals surface area (Å²) in [6.45, 7) is 2.32. The molecule has 1 fully saturated rings. The summed E-state index contributed by atoms with van der Waals surface area (Å²) in [6.07, 6.45) is 0.395. The Kier molecular flexibility index (Phi) is 4.09. The van der Waals surface area contributed by atoms with Crippen molar-refractivity contribution in [3.05, 3.63) is 65.2 Å².